The van der Waals surface area contributed by atoms with Gasteiger partial charge in [-0.3, -0.25) is 47.5 Å². The van der Waals surface area contributed by atoms with Crippen molar-refractivity contribution >= 4 is 165 Å². The summed E-state index contributed by atoms with van der Waals surface area (Å²) < 4.78 is 38.0. The van der Waals surface area contributed by atoms with Crippen LogP contribution in [0.1, 0.15) is 261 Å². The smallest absolute Gasteiger partial charge is 0.324 e. The van der Waals surface area contributed by atoms with E-state index in [4.69, 9.17) is 100.0 Å². The van der Waals surface area contributed by atoms with E-state index in [1.54, 1.807) is 50.1 Å². The molecule has 10 aliphatic rings. The van der Waals surface area contributed by atoms with Crippen molar-refractivity contribution in [1.29, 1.82) is 0 Å². The molecule has 10 fully saturated rings. The van der Waals surface area contributed by atoms with Gasteiger partial charge in [-0.2, -0.15) is 25.5 Å². The fourth-order valence-corrected chi connectivity index (χ4v) is 19.2. The fourth-order valence-electron chi connectivity index (χ4n) is 18.8. The Bertz CT molecular complexity index is 7320. The lowest BCUT2D eigenvalue weighted by Crippen LogP contribution is -2.44. The number of urea groups is 1. The Morgan fingerprint density at radius 1 is 0.316 bits per heavy atom. The number of halogens is 2. The van der Waals surface area contributed by atoms with Crippen LogP contribution in [0.15, 0.2) is 71.8 Å². The van der Waals surface area contributed by atoms with E-state index in [-0.39, 0.29) is 59.9 Å². The Kier molecular flexibility index (Phi) is 22.3. The molecule has 0 spiro atoms. The Morgan fingerprint density at radius 2 is 0.574 bits per heavy atom. The first-order valence-electron chi connectivity index (χ1n) is 46.8. The predicted octanol–water partition coefficient (Wildman–Crippen LogP) is 16.5. The molecule has 41 nitrogen and oxygen atoms in total. The van der Waals surface area contributed by atoms with Crippen molar-refractivity contribution in [3.8, 4) is 56.9 Å². The first-order chi connectivity index (χ1) is 65.5. The molecule has 10 N–H and O–H groups in total. The second-order valence-electron chi connectivity index (χ2n) is 38.0. The molecule has 6 amide bonds. The Hall–Kier alpha value is -14.1. The summed E-state index contributed by atoms with van der Waals surface area (Å²) in [7, 11) is 1.80. The number of aromatic nitrogens is 20. The zero-order valence-corrected chi connectivity index (χ0v) is 78.8. The Morgan fingerprint density at radius 3 is 0.809 bits per heavy atom. The van der Waals surface area contributed by atoms with Crippen molar-refractivity contribution in [2.45, 2.75) is 232 Å². The maximum atomic E-state index is 12.7. The molecule has 20 heterocycles. The number of pyridine rings is 5. The lowest BCUT2D eigenvalue weighted by atomic mass is 10.1. The number of carbonyl (C=O) groups excluding carboxylic acids is 5. The molecule has 136 heavy (non-hydrogen) atoms. The van der Waals surface area contributed by atoms with Crippen molar-refractivity contribution in [2.75, 3.05) is 99.5 Å². The number of likely N-dealkylation sites (N-methyl/N-ethyl adjacent to an activating group) is 1. The van der Waals surface area contributed by atoms with Gasteiger partial charge in [-0.25, -0.2) is 29.7 Å². The van der Waals surface area contributed by atoms with Crippen LogP contribution in [0.3, 0.4) is 0 Å². The van der Waals surface area contributed by atoms with Crippen LogP contribution < -0.4 is 53.2 Å². The molecular weight excluding hydrogens is 1780 g/mol. The van der Waals surface area contributed by atoms with E-state index in [1.807, 2.05) is 74.2 Å². The largest absolute Gasteiger partial charge is 0.383 e. The molecule has 0 bridgehead atoms. The summed E-state index contributed by atoms with van der Waals surface area (Å²) in [5.74, 6) is 7.73. The topological polar surface area (TPSA) is 519 Å². The number of amides is 6. The van der Waals surface area contributed by atoms with Crippen LogP contribution in [0.4, 0.5) is 62.3 Å². The van der Waals surface area contributed by atoms with Crippen LogP contribution in [-0.2, 0) is 19.2 Å². The summed E-state index contributed by atoms with van der Waals surface area (Å²) in [5, 5.41) is 50.1. The van der Waals surface area contributed by atoms with Gasteiger partial charge >= 0.3 is 6.03 Å². The monoisotopic (exact) mass is 1890 g/mol. The number of nitrogen functional groups attached to an aromatic ring is 5. The normalized spacial score (nSPS) is 17.4. The molecular formula is C93H105Cl2N31O10. The minimum absolute atomic E-state index is 0.0509. The van der Waals surface area contributed by atoms with Gasteiger partial charge in [0, 0.05) is 150 Å². The first kappa shape index (κ1) is 88.5. The van der Waals surface area contributed by atoms with Crippen molar-refractivity contribution in [3.63, 3.8) is 0 Å². The van der Waals surface area contributed by atoms with Gasteiger partial charge in [-0.1, -0.05) is 49.0 Å². The second-order valence-corrected chi connectivity index (χ2v) is 38.8. The third-order valence-corrected chi connectivity index (χ3v) is 27.1. The molecule has 5 aliphatic carbocycles. The van der Waals surface area contributed by atoms with E-state index in [0.717, 1.165) is 167 Å². The fraction of sp³-hybridized carbons (Fsp3) is 0.462. The number of hydrogen-bond acceptors (Lipinski definition) is 30. The number of nitrogens with two attached hydrogens (primary N) is 5. The van der Waals surface area contributed by atoms with Crippen LogP contribution in [0.25, 0.3) is 111 Å². The first-order valence-corrected chi connectivity index (χ1v) is 47.5. The highest BCUT2D eigenvalue weighted by Crippen LogP contribution is 2.57. The van der Waals surface area contributed by atoms with Gasteiger partial charge in [-0.05, 0) is 164 Å². The summed E-state index contributed by atoms with van der Waals surface area (Å²) >= 11 is 12.9. The lowest BCUT2D eigenvalue weighted by Gasteiger charge is -2.30. The molecule has 0 unspecified atom stereocenters. The van der Waals surface area contributed by atoms with Crippen LogP contribution >= 0.6 is 23.2 Å². The molecule has 5 saturated carbocycles. The van der Waals surface area contributed by atoms with Crippen LogP contribution in [0.5, 0.6) is 0 Å². The van der Waals surface area contributed by atoms with Crippen LogP contribution in [0, 0.1) is 0 Å². The van der Waals surface area contributed by atoms with E-state index in [0.29, 0.717) is 212 Å². The number of carbonyl (C=O) groups is 5. The predicted molar refractivity (Wildman–Crippen MR) is 511 cm³/mol. The van der Waals surface area contributed by atoms with E-state index in [1.165, 1.54) is 12.4 Å². The highest BCUT2D eigenvalue weighted by molar-refractivity contribution is 6.36. The summed E-state index contributed by atoms with van der Waals surface area (Å²) in [4.78, 5) is 93.8. The molecule has 706 valence electrons. The minimum atomic E-state index is -0.0509. The maximum absolute atomic E-state index is 12.7. The zero-order chi connectivity index (χ0) is 94.7. The van der Waals surface area contributed by atoms with Gasteiger partial charge in [0.25, 0.3) is 0 Å². The summed E-state index contributed by atoms with van der Waals surface area (Å²) in [6.45, 7) is 24.4. The summed E-state index contributed by atoms with van der Waals surface area (Å²) in [5.41, 5.74) is 44.7. The minimum Gasteiger partial charge on any atom is -0.383 e. The summed E-state index contributed by atoms with van der Waals surface area (Å²) in [6.07, 6.45) is 22.5. The molecule has 5 aliphatic heterocycles. The van der Waals surface area contributed by atoms with Crippen molar-refractivity contribution in [1.82, 2.24) is 105 Å². The average molecular weight is 1890 g/mol. The quantitative estimate of drug-likeness (QED) is 0.0442. The van der Waals surface area contributed by atoms with Crippen LogP contribution in [-0.4, -0.2) is 180 Å². The second kappa shape index (κ2) is 34.4. The van der Waals surface area contributed by atoms with Gasteiger partial charge in [0.15, 0.2) is 57.3 Å². The van der Waals surface area contributed by atoms with Gasteiger partial charge in [-0.15, -0.1) is 0 Å². The molecule has 43 heteroatoms. The lowest BCUT2D eigenvalue weighted by molar-refractivity contribution is -0.122. The van der Waals surface area contributed by atoms with Crippen LogP contribution in [0.2, 0.25) is 10.0 Å². The Balaban J connectivity index is 0.000000102. The maximum Gasteiger partial charge on any atom is 0.324 e. The van der Waals surface area contributed by atoms with Gasteiger partial charge < -0.3 is 75.8 Å². The van der Waals surface area contributed by atoms with Gasteiger partial charge in [0.1, 0.15) is 86.0 Å². The number of anilines is 10. The molecule has 15 aromatic heterocycles. The zero-order valence-electron chi connectivity index (χ0n) is 77.3. The highest BCUT2D eigenvalue weighted by atomic mass is 35.5. The molecule has 0 radical (unpaired) electrons. The molecule has 5 saturated heterocycles. The standard InChI is InChI=1S/C19H21ClN6O2.C19H23N7O2.C19H22N6O2.C18H19ClN6O2.C18H20N6O2/c1-9(2)26-16-11(20)8-22-19(21)13(16)14(23-26)15-17(25-7-3-4-12(25)27)18(28-24-15)10-5-6-10;1-10(2)26-12-6-7-21-18(20)13(12)14(22-26)15-16(17(28-23-15)11-4-5-11)25-9-8-24(3)19(25)27;1-10(2)25-12-7-8-21-19(20)14(12)15(22-25)16-17(24-9-3-4-13(24)26)18(27-23-16)11-5-6-11;1-8(2)25-15-10(19)7-21-18(20)12(15)13(22-25)14-16(24-6-5-11(24)26)17(27-23-14)9-3-4-9;1-9(2)24-11-5-7-20-18(19)13(11)14(21-24)15-16(23-8-6-12(23)25)17(26-22-15)10-3-4-10/h8-10H,3-7H2,1-2H3,(H2,21,22);6-7,10-11H,4-5,8-9H2,1-3H3,(H2,20,21);7-8,10-11H,3-6,9H2,1-2H3,(H2,20,21);7-9H,3-6H2,1-2H3,(H2,20,21);5,7,9-10H,3-4,6,8H2,1-2H3,(H2,19,20). The number of nitrogens with zero attached hydrogens (tertiary/aromatic N) is 26. The van der Waals surface area contributed by atoms with E-state index >= 15 is 0 Å². The molecule has 0 atom stereocenters. The highest BCUT2D eigenvalue weighted by Gasteiger charge is 2.47. The molecule has 25 rings (SSSR count). The van der Waals surface area contributed by atoms with E-state index < -0.39 is 0 Å². The average Bonchev–Trinajstić information content (AvgIpc) is 1.56. The third-order valence-electron chi connectivity index (χ3n) is 26.6. The third kappa shape index (κ3) is 15.3. The SMILES string of the molecule is CC(C)n1nc(-c2noc(C3CC3)c2N2CCC2=O)c2c(N)ncc(Cl)c21.CC(C)n1nc(-c2noc(C3CC3)c2N2CCC2=O)c2c(N)nccc21.CC(C)n1nc(-c2noc(C3CC3)c2N2CCCC2=O)c2c(N)ncc(Cl)c21.CC(C)n1nc(-c2noc(C3CC3)c2N2CCCC2=O)c2c(N)nccc21.CC(C)n1nc(-c2noc(C3CC3)c2N2CCN(C)C2=O)c2c(N)nccc21. The van der Waals surface area contributed by atoms with Crippen molar-refractivity contribution in [3.05, 3.63) is 88.0 Å². The van der Waals surface area contributed by atoms with Crippen molar-refractivity contribution in [2.24, 2.45) is 0 Å². The van der Waals surface area contributed by atoms with E-state index in [9.17, 15) is 24.0 Å². The number of hydrogen-bond donors (Lipinski definition) is 5. The van der Waals surface area contributed by atoms with E-state index in [2.05, 4.69) is 92.2 Å². The molecule has 0 aromatic carbocycles. The number of rotatable bonds is 20. The van der Waals surface area contributed by atoms with Gasteiger partial charge in [0.2, 0.25) is 23.6 Å². The van der Waals surface area contributed by atoms with Crippen molar-refractivity contribution < 1.29 is 46.6 Å². The Labute approximate surface area is 787 Å². The number of fused-ring (bicyclic) bond motifs is 5. The number of β-lactam (4-membered cyclic amide) rings is 2. The van der Waals surface area contributed by atoms with Gasteiger partial charge in [0.05, 0.1) is 77.0 Å². The molecule has 15 aromatic rings. The summed E-state index contributed by atoms with van der Waals surface area (Å²) in [6, 6.07) is 6.21.